The molecule has 0 radical (unpaired) electrons. The lowest BCUT2D eigenvalue weighted by atomic mass is 9.32. The highest BCUT2D eigenvalue weighted by Crippen LogP contribution is 2.77. The minimum atomic E-state index is 0.0602. The van der Waals surface area contributed by atoms with Crippen molar-refractivity contribution in [2.45, 2.75) is 112 Å². The van der Waals surface area contributed by atoms with E-state index in [-0.39, 0.29) is 10.8 Å². The minimum Gasteiger partial charge on any atom is -0.396 e. The monoisotopic (exact) mass is 467 g/mol. The van der Waals surface area contributed by atoms with Gasteiger partial charge in [-0.25, -0.2) is 0 Å². The first kappa shape index (κ1) is 23.6. The number of hydrogen-bond acceptors (Lipinski definition) is 3. The molecule has 0 saturated heterocycles. The number of nitrogens with zero attached hydrogens (tertiary/aromatic N) is 1. The molecule has 3 nitrogen and oxygen atoms in total. The molecule has 4 saturated carbocycles. The Kier molecular flexibility index (Phi) is 4.95. The van der Waals surface area contributed by atoms with Gasteiger partial charge in [0.1, 0.15) is 5.76 Å². The maximum Gasteiger partial charge on any atom is 0.145 e. The lowest BCUT2D eigenvalue weighted by molar-refractivity contribution is -0.231. The molecule has 0 spiro atoms. The summed E-state index contributed by atoms with van der Waals surface area (Å²) in [5, 5.41) is 15.0. The van der Waals surface area contributed by atoms with Gasteiger partial charge in [0, 0.05) is 17.6 Å². The summed E-state index contributed by atoms with van der Waals surface area (Å²) in [6, 6.07) is 0. The summed E-state index contributed by atoms with van der Waals surface area (Å²) in [7, 11) is 0. The molecule has 0 amide bonds. The van der Waals surface area contributed by atoms with Crippen molar-refractivity contribution < 1.29 is 9.63 Å². The Bertz CT molecular complexity index is 964. The van der Waals surface area contributed by atoms with Gasteiger partial charge in [-0.05, 0) is 115 Å². The van der Waals surface area contributed by atoms with Crippen LogP contribution in [0.2, 0.25) is 0 Å². The van der Waals surface area contributed by atoms with Crippen molar-refractivity contribution in [3.8, 4) is 0 Å². The van der Waals surface area contributed by atoms with E-state index in [2.05, 4.69) is 53.6 Å². The van der Waals surface area contributed by atoms with E-state index in [9.17, 15) is 5.11 Å². The molecule has 1 unspecified atom stereocenters. The smallest absolute Gasteiger partial charge is 0.145 e. The van der Waals surface area contributed by atoms with Gasteiger partial charge in [-0.1, -0.05) is 53.6 Å². The molecule has 190 valence electrons. The van der Waals surface area contributed by atoms with Gasteiger partial charge in [0.05, 0.1) is 6.20 Å². The molecule has 9 atom stereocenters. The van der Waals surface area contributed by atoms with Crippen molar-refractivity contribution >= 4 is 0 Å². The maximum absolute atomic E-state index is 10.7. The lowest BCUT2D eigenvalue weighted by Gasteiger charge is -2.72. The molecule has 4 fully saturated rings. The highest BCUT2D eigenvalue weighted by molar-refractivity contribution is 5.32. The molecule has 6 rings (SSSR count). The molecule has 0 aromatic carbocycles. The normalized spacial score (nSPS) is 51.3. The Morgan fingerprint density at radius 1 is 0.941 bits per heavy atom. The number of aromatic nitrogens is 1. The first-order chi connectivity index (χ1) is 15.9. The van der Waals surface area contributed by atoms with Crippen LogP contribution in [-0.4, -0.2) is 16.9 Å². The van der Waals surface area contributed by atoms with Gasteiger partial charge >= 0.3 is 0 Å². The van der Waals surface area contributed by atoms with E-state index in [1.54, 1.807) is 0 Å². The number of hydrogen-bond donors (Lipinski definition) is 1. The molecule has 34 heavy (non-hydrogen) atoms. The van der Waals surface area contributed by atoms with Crippen molar-refractivity contribution in [2.24, 2.45) is 57.2 Å². The second-order valence-corrected chi connectivity index (χ2v) is 15.2. The topological polar surface area (TPSA) is 46.3 Å². The summed E-state index contributed by atoms with van der Waals surface area (Å²) in [4.78, 5) is 0. The van der Waals surface area contributed by atoms with Crippen LogP contribution in [0, 0.1) is 57.2 Å². The highest BCUT2D eigenvalue weighted by Gasteiger charge is 2.71. The van der Waals surface area contributed by atoms with E-state index in [0.717, 1.165) is 35.9 Å². The van der Waals surface area contributed by atoms with Gasteiger partial charge in [0.15, 0.2) is 0 Å². The summed E-state index contributed by atoms with van der Waals surface area (Å²) < 4.78 is 5.86. The van der Waals surface area contributed by atoms with Crippen molar-refractivity contribution in [3.63, 3.8) is 0 Å². The summed E-state index contributed by atoms with van der Waals surface area (Å²) in [6.07, 6.45) is 13.7. The zero-order valence-electron chi connectivity index (χ0n) is 22.9. The summed E-state index contributed by atoms with van der Waals surface area (Å²) in [5.41, 5.74) is 2.69. The van der Waals surface area contributed by atoms with E-state index >= 15 is 0 Å². The van der Waals surface area contributed by atoms with Gasteiger partial charge in [-0.15, -0.1) is 0 Å². The zero-order valence-corrected chi connectivity index (χ0v) is 22.9. The molecule has 0 aliphatic heterocycles. The second-order valence-electron chi connectivity index (χ2n) is 15.2. The Hall–Kier alpha value is -0.830. The molecule has 0 bridgehead atoms. The van der Waals surface area contributed by atoms with Crippen LogP contribution in [0.4, 0.5) is 0 Å². The minimum absolute atomic E-state index is 0.0602. The maximum atomic E-state index is 10.7. The van der Waals surface area contributed by atoms with E-state index in [1.165, 1.54) is 56.9 Å². The van der Waals surface area contributed by atoms with Crippen molar-refractivity contribution in [3.05, 3.63) is 17.5 Å². The van der Waals surface area contributed by atoms with Crippen LogP contribution in [0.3, 0.4) is 0 Å². The predicted octanol–water partition coefficient (Wildman–Crippen LogP) is 7.42. The quantitative estimate of drug-likeness (QED) is 0.492. The fraction of sp³-hybridized carbons (Fsp3) is 0.903. The van der Waals surface area contributed by atoms with Gasteiger partial charge in [-0.3, -0.25) is 0 Å². The molecule has 1 heterocycles. The third kappa shape index (κ3) is 2.61. The third-order valence-electron chi connectivity index (χ3n) is 13.8. The van der Waals surface area contributed by atoms with Crippen LogP contribution in [0.5, 0.6) is 0 Å². The number of fused-ring (bicyclic) bond motifs is 8. The Morgan fingerprint density at radius 3 is 2.41 bits per heavy atom. The molecule has 1 aromatic rings. The summed E-state index contributed by atoms with van der Waals surface area (Å²) >= 11 is 0. The van der Waals surface area contributed by atoms with Crippen LogP contribution >= 0.6 is 0 Å². The van der Waals surface area contributed by atoms with E-state index in [4.69, 9.17) is 4.52 Å². The molecule has 5 aliphatic carbocycles. The van der Waals surface area contributed by atoms with Crippen LogP contribution in [0.25, 0.3) is 0 Å². The SMILES string of the molecule is CC(C)[C@@H]1CCC2(CO)CC[C@]3(C)[C@H](CC[C@@H]4[C@@]5(C)Cc6cnoc6C(C)(C)[C@@H]5CC[C@]43C)[C@@H]12. The Morgan fingerprint density at radius 2 is 1.71 bits per heavy atom. The average Bonchev–Trinajstić information content (AvgIpc) is 3.39. The summed E-state index contributed by atoms with van der Waals surface area (Å²) in [5.74, 6) is 5.58. The predicted molar refractivity (Wildman–Crippen MR) is 136 cm³/mol. The highest BCUT2D eigenvalue weighted by atomic mass is 16.5. The van der Waals surface area contributed by atoms with Crippen LogP contribution in [0.15, 0.2) is 10.7 Å². The third-order valence-corrected chi connectivity index (χ3v) is 13.8. The standard InChI is InChI=1S/C31H49NO2/c1-19(2)21-10-13-31(18-33)15-14-29(6)22(25(21)31)8-9-24-28(5)16-20-17-32-34-26(20)27(3,4)23(28)11-12-30(24,29)7/h17,19,21-25,33H,8-16,18H2,1-7H3/t21-,22+,23-,24+,25+,28-,29+,30+,31?/m0/s1. The number of aliphatic hydroxyl groups is 1. The number of aliphatic hydroxyl groups excluding tert-OH is 1. The van der Waals surface area contributed by atoms with E-state index in [0.29, 0.717) is 34.7 Å². The number of rotatable bonds is 2. The Balaban J connectivity index is 1.42. The molecule has 5 aliphatic rings. The van der Waals surface area contributed by atoms with Gasteiger partial charge < -0.3 is 9.63 Å². The van der Waals surface area contributed by atoms with Gasteiger partial charge in [-0.2, -0.15) is 0 Å². The fourth-order valence-electron chi connectivity index (χ4n) is 12.1. The van der Waals surface area contributed by atoms with Crippen molar-refractivity contribution in [1.82, 2.24) is 5.16 Å². The van der Waals surface area contributed by atoms with E-state index in [1.807, 2.05) is 6.20 Å². The molecule has 3 heteroatoms. The molecule has 1 N–H and O–H groups in total. The van der Waals surface area contributed by atoms with Gasteiger partial charge in [0.2, 0.25) is 0 Å². The summed E-state index contributed by atoms with van der Waals surface area (Å²) in [6.45, 7) is 18.2. The first-order valence-electron chi connectivity index (χ1n) is 14.5. The zero-order chi connectivity index (χ0) is 24.3. The largest absolute Gasteiger partial charge is 0.396 e. The van der Waals surface area contributed by atoms with Gasteiger partial charge in [0.25, 0.3) is 0 Å². The van der Waals surface area contributed by atoms with Crippen LogP contribution in [-0.2, 0) is 11.8 Å². The lowest BCUT2D eigenvalue weighted by Crippen LogP contribution is -2.66. The van der Waals surface area contributed by atoms with Crippen LogP contribution in [0.1, 0.15) is 111 Å². The van der Waals surface area contributed by atoms with Crippen molar-refractivity contribution in [1.29, 1.82) is 0 Å². The molecule has 1 aromatic heterocycles. The Labute approximate surface area is 207 Å². The van der Waals surface area contributed by atoms with E-state index < -0.39 is 0 Å². The van der Waals surface area contributed by atoms with Crippen molar-refractivity contribution in [2.75, 3.05) is 6.61 Å². The molecular weight excluding hydrogens is 418 g/mol. The second kappa shape index (κ2) is 7.14. The molecular formula is C31H49NO2. The average molecular weight is 468 g/mol. The fourth-order valence-corrected chi connectivity index (χ4v) is 12.1. The first-order valence-corrected chi connectivity index (χ1v) is 14.5. The van der Waals surface area contributed by atoms with Crippen LogP contribution < -0.4 is 0 Å².